The summed E-state index contributed by atoms with van der Waals surface area (Å²) in [4.78, 5) is 24.5. The Balaban J connectivity index is 3.03. The third-order valence-electron chi connectivity index (χ3n) is 2.95. The number of H-pyrrole nitrogens is 1. The van der Waals surface area contributed by atoms with Crippen molar-refractivity contribution in [1.82, 2.24) is 9.55 Å². The fourth-order valence-electron chi connectivity index (χ4n) is 1.64. The molecule has 3 atom stereocenters. The van der Waals surface area contributed by atoms with Gasteiger partial charge in [0.05, 0.1) is 6.61 Å². The molecule has 8 heteroatoms. The summed E-state index contributed by atoms with van der Waals surface area (Å²) in [5.41, 5.74) is -3.10. The van der Waals surface area contributed by atoms with Gasteiger partial charge in [0, 0.05) is 12.3 Å². The first-order valence-electron chi connectivity index (χ1n) is 5.78. The lowest BCUT2D eigenvalue weighted by molar-refractivity contribution is -0.227. The summed E-state index contributed by atoms with van der Waals surface area (Å²) in [5.74, 6) is 0. The Kier molecular flexibility index (Phi) is 4.98. The first-order chi connectivity index (χ1) is 8.86. The van der Waals surface area contributed by atoms with Crippen molar-refractivity contribution >= 4 is 0 Å². The lowest BCUT2D eigenvalue weighted by atomic mass is 10.0. The molecule has 0 radical (unpaired) electrons. The van der Waals surface area contributed by atoms with E-state index in [-0.39, 0.29) is 6.42 Å². The molecule has 0 aliphatic heterocycles. The van der Waals surface area contributed by atoms with Crippen molar-refractivity contribution < 1.29 is 19.3 Å². The van der Waals surface area contributed by atoms with Gasteiger partial charge in [0.15, 0.2) is 0 Å². The number of aromatic amines is 1. The Labute approximate surface area is 108 Å². The minimum atomic E-state index is -2.40. The van der Waals surface area contributed by atoms with E-state index in [2.05, 4.69) is 0 Å². The van der Waals surface area contributed by atoms with Crippen LogP contribution in [0.5, 0.6) is 0 Å². The number of nitrogens with one attached hydrogen (secondary N) is 1. The van der Waals surface area contributed by atoms with E-state index in [0.717, 1.165) is 10.6 Å². The van der Waals surface area contributed by atoms with Gasteiger partial charge in [-0.3, -0.25) is 14.3 Å². The van der Waals surface area contributed by atoms with Crippen molar-refractivity contribution in [2.24, 2.45) is 0 Å². The first-order valence-corrected chi connectivity index (χ1v) is 5.78. The molecule has 0 spiro atoms. The van der Waals surface area contributed by atoms with Gasteiger partial charge in [-0.05, 0) is 13.3 Å². The summed E-state index contributed by atoms with van der Waals surface area (Å²) in [7, 11) is 0. The largest absolute Gasteiger partial charge is 0.393 e. The number of hydrogen-bond acceptors (Lipinski definition) is 5. The Morgan fingerprint density at radius 2 is 2.21 bits per heavy atom. The van der Waals surface area contributed by atoms with Crippen LogP contribution >= 0.6 is 0 Å². The average molecular weight is 276 g/mol. The summed E-state index contributed by atoms with van der Waals surface area (Å²) in [6.45, 7) is 2.22. The summed E-state index contributed by atoms with van der Waals surface area (Å²) in [6.07, 6.45) is -2.18. The second-order valence-corrected chi connectivity index (χ2v) is 4.15. The summed E-state index contributed by atoms with van der Waals surface area (Å²) < 4.78 is 19.5. The van der Waals surface area contributed by atoms with E-state index >= 15 is 0 Å². The molecule has 0 aliphatic rings. The predicted molar refractivity (Wildman–Crippen MR) is 64.3 cm³/mol. The van der Waals surface area contributed by atoms with Crippen molar-refractivity contribution in [1.29, 1.82) is 0 Å². The van der Waals surface area contributed by atoms with Crippen molar-refractivity contribution in [2.45, 2.75) is 38.5 Å². The SMILES string of the molecule is CC[C@](CO)(O[C@H](C)n1ccc(=O)[nH]c1=O)[C@@H](O)F. The molecule has 0 saturated carbocycles. The smallest absolute Gasteiger partial charge is 0.330 e. The number of nitrogens with zero attached hydrogens (tertiary/aromatic N) is 1. The normalized spacial score (nSPS) is 17.7. The molecule has 0 saturated heterocycles. The van der Waals surface area contributed by atoms with Crippen molar-refractivity contribution in [2.75, 3.05) is 6.61 Å². The van der Waals surface area contributed by atoms with Gasteiger partial charge in [-0.2, -0.15) is 0 Å². The topological polar surface area (TPSA) is 105 Å². The third-order valence-corrected chi connectivity index (χ3v) is 2.95. The molecule has 0 aliphatic carbocycles. The highest BCUT2D eigenvalue weighted by atomic mass is 19.1. The molecule has 7 nitrogen and oxygen atoms in total. The summed E-state index contributed by atoms with van der Waals surface area (Å²) in [5, 5.41) is 18.3. The molecular weight excluding hydrogens is 259 g/mol. The summed E-state index contributed by atoms with van der Waals surface area (Å²) >= 11 is 0. The predicted octanol–water partition coefficient (Wildman–Crippen LogP) is -0.499. The van der Waals surface area contributed by atoms with Crippen LogP contribution in [0, 0.1) is 0 Å². The highest BCUT2D eigenvalue weighted by molar-refractivity contribution is 4.86. The van der Waals surface area contributed by atoms with Crippen LogP contribution in [0.2, 0.25) is 0 Å². The maximum atomic E-state index is 13.2. The van der Waals surface area contributed by atoms with E-state index in [1.54, 1.807) is 0 Å². The van der Waals surface area contributed by atoms with Gasteiger partial charge in [-0.25, -0.2) is 9.18 Å². The van der Waals surface area contributed by atoms with Gasteiger partial charge in [-0.1, -0.05) is 6.92 Å². The van der Waals surface area contributed by atoms with Crippen LogP contribution in [-0.4, -0.2) is 38.3 Å². The van der Waals surface area contributed by atoms with Crippen LogP contribution in [0.4, 0.5) is 4.39 Å². The van der Waals surface area contributed by atoms with Gasteiger partial charge in [0.1, 0.15) is 11.8 Å². The average Bonchev–Trinajstić information content (AvgIpc) is 2.35. The van der Waals surface area contributed by atoms with Gasteiger partial charge in [0.25, 0.3) is 5.56 Å². The van der Waals surface area contributed by atoms with Crippen LogP contribution in [0.3, 0.4) is 0 Å². The fraction of sp³-hybridized carbons (Fsp3) is 0.636. The number of alkyl halides is 1. The Morgan fingerprint density at radius 1 is 1.58 bits per heavy atom. The molecular formula is C11H17FN2O5. The second-order valence-electron chi connectivity index (χ2n) is 4.15. The molecule has 0 amide bonds. The zero-order valence-electron chi connectivity index (χ0n) is 10.7. The molecule has 1 heterocycles. The lowest BCUT2D eigenvalue weighted by Crippen LogP contribution is -2.48. The highest BCUT2D eigenvalue weighted by Gasteiger charge is 2.39. The number of aliphatic hydroxyl groups is 2. The molecule has 1 aromatic rings. The molecule has 0 bridgehead atoms. The van der Waals surface area contributed by atoms with Crippen LogP contribution in [-0.2, 0) is 4.74 Å². The molecule has 3 N–H and O–H groups in total. The van der Waals surface area contributed by atoms with E-state index in [1.165, 1.54) is 20.0 Å². The number of hydrogen-bond donors (Lipinski definition) is 3. The van der Waals surface area contributed by atoms with Gasteiger partial charge >= 0.3 is 5.69 Å². The van der Waals surface area contributed by atoms with Crippen molar-refractivity contribution in [3.63, 3.8) is 0 Å². The molecule has 0 aromatic carbocycles. The van der Waals surface area contributed by atoms with E-state index in [0.29, 0.717) is 0 Å². The van der Waals surface area contributed by atoms with Gasteiger partial charge in [0.2, 0.25) is 6.36 Å². The van der Waals surface area contributed by atoms with E-state index in [1.807, 2.05) is 4.98 Å². The van der Waals surface area contributed by atoms with Crippen molar-refractivity contribution in [3.05, 3.63) is 33.1 Å². The minimum absolute atomic E-state index is 0.00358. The maximum absolute atomic E-state index is 13.2. The number of aliphatic hydroxyl groups excluding tert-OH is 2. The quantitative estimate of drug-likeness (QED) is 0.649. The molecule has 0 fully saturated rings. The maximum Gasteiger partial charge on any atom is 0.330 e. The Hall–Kier alpha value is -1.51. The second kappa shape index (κ2) is 6.09. The number of halogens is 1. The fourth-order valence-corrected chi connectivity index (χ4v) is 1.64. The molecule has 0 unspecified atom stereocenters. The number of ether oxygens (including phenoxy) is 1. The molecule has 1 rings (SSSR count). The third kappa shape index (κ3) is 3.28. The van der Waals surface area contributed by atoms with Crippen LogP contribution in [0.25, 0.3) is 0 Å². The van der Waals surface area contributed by atoms with Gasteiger partial charge < -0.3 is 14.9 Å². The zero-order valence-corrected chi connectivity index (χ0v) is 10.7. The molecule has 1 aromatic heterocycles. The number of aromatic nitrogens is 2. The zero-order chi connectivity index (χ0) is 14.6. The summed E-state index contributed by atoms with van der Waals surface area (Å²) in [6, 6.07) is 1.11. The molecule has 108 valence electrons. The van der Waals surface area contributed by atoms with Crippen LogP contribution < -0.4 is 11.2 Å². The lowest BCUT2D eigenvalue weighted by Gasteiger charge is -2.34. The monoisotopic (exact) mass is 276 g/mol. The van der Waals surface area contributed by atoms with E-state index in [9.17, 15) is 19.1 Å². The Bertz CT molecular complexity index is 520. The standard InChI is InChI=1S/C11H17FN2O5/c1-3-11(6-15,9(12)17)19-7(2)14-5-4-8(16)13-10(14)18/h4-5,7,9,15,17H,3,6H2,1-2H3,(H,13,16,18)/t7-,9-,11-/m1/s1. The van der Waals surface area contributed by atoms with Crippen LogP contribution in [0.1, 0.15) is 26.5 Å². The van der Waals surface area contributed by atoms with Crippen LogP contribution in [0.15, 0.2) is 21.9 Å². The van der Waals surface area contributed by atoms with Crippen molar-refractivity contribution in [3.8, 4) is 0 Å². The highest BCUT2D eigenvalue weighted by Crippen LogP contribution is 2.26. The minimum Gasteiger partial charge on any atom is -0.393 e. The van der Waals surface area contributed by atoms with Gasteiger partial charge in [-0.15, -0.1) is 0 Å². The Morgan fingerprint density at radius 3 is 2.63 bits per heavy atom. The van der Waals surface area contributed by atoms with E-state index < -0.39 is 36.0 Å². The molecule has 19 heavy (non-hydrogen) atoms. The van der Waals surface area contributed by atoms with E-state index in [4.69, 9.17) is 9.84 Å². The number of rotatable bonds is 6. The first kappa shape index (κ1) is 15.5.